The molecule has 0 bridgehead atoms. The van der Waals surface area contributed by atoms with Crippen molar-refractivity contribution in [3.05, 3.63) is 0 Å². The van der Waals surface area contributed by atoms with Crippen LogP contribution in [0.3, 0.4) is 0 Å². The van der Waals surface area contributed by atoms with Crippen LogP contribution in [-0.4, -0.2) is 25.4 Å². The van der Waals surface area contributed by atoms with Crippen LogP contribution < -0.4 is 0 Å². The minimum atomic E-state index is 0.778. The summed E-state index contributed by atoms with van der Waals surface area (Å²) in [6, 6.07) is 0. The van der Waals surface area contributed by atoms with Crippen LogP contribution in [0, 0.1) is 0 Å². The van der Waals surface area contributed by atoms with Gasteiger partial charge in [0.05, 0.1) is 13.2 Å². The third kappa shape index (κ3) is 3.72. The molecule has 0 aromatic rings. The van der Waals surface area contributed by atoms with Gasteiger partial charge >= 0.3 is 0 Å². The molecule has 44 valence electrons. The number of hydrogen-bond acceptors (Lipinski definition) is 3. The molecule has 0 spiro atoms. The molecule has 0 amide bonds. The Morgan fingerprint density at radius 2 is 1.57 bits per heavy atom. The van der Waals surface area contributed by atoms with Gasteiger partial charge in [-0.25, -0.2) is 9.78 Å². The summed E-state index contributed by atoms with van der Waals surface area (Å²) in [7, 11) is 1.00. The number of rotatable bonds is 0. The lowest BCUT2D eigenvalue weighted by molar-refractivity contribution is -0.248. The van der Waals surface area contributed by atoms with Gasteiger partial charge in [0.2, 0.25) is 0 Å². The van der Waals surface area contributed by atoms with E-state index in [-0.39, 0.29) is 0 Å². The normalized spacial score (nSPS) is 18.0. The molecule has 1 aliphatic rings. The van der Waals surface area contributed by atoms with Crippen LogP contribution in [0.25, 0.3) is 0 Å². The zero-order valence-electron chi connectivity index (χ0n) is 4.39. The predicted molar refractivity (Wildman–Crippen MR) is 24.7 cm³/mol. The highest BCUT2D eigenvalue weighted by atomic mass is 17.2. The first-order valence-electron chi connectivity index (χ1n) is 2.19. The van der Waals surface area contributed by atoms with Crippen LogP contribution in [-0.2, 0) is 9.78 Å². The Labute approximate surface area is 42.8 Å². The molecule has 0 saturated carbocycles. The summed E-state index contributed by atoms with van der Waals surface area (Å²) in [4.78, 5) is 8.89. The monoisotopic (exact) mass is 106 g/mol. The minimum absolute atomic E-state index is 0.778. The SMILES string of the molecule is C1COOC1.CO. The first-order valence-corrected chi connectivity index (χ1v) is 2.19. The highest BCUT2D eigenvalue weighted by Crippen LogP contribution is 1.93. The van der Waals surface area contributed by atoms with Gasteiger partial charge in [0.15, 0.2) is 0 Å². The second kappa shape index (κ2) is 5.88. The number of aliphatic hydroxyl groups is 1. The Morgan fingerprint density at radius 3 is 1.71 bits per heavy atom. The second-order valence-corrected chi connectivity index (χ2v) is 0.998. The lowest BCUT2D eigenvalue weighted by Crippen LogP contribution is -1.72. The van der Waals surface area contributed by atoms with E-state index < -0.39 is 0 Å². The van der Waals surface area contributed by atoms with Crippen molar-refractivity contribution in [1.29, 1.82) is 0 Å². The molecule has 3 nitrogen and oxygen atoms in total. The molecule has 1 rings (SSSR count). The Morgan fingerprint density at radius 1 is 1.14 bits per heavy atom. The van der Waals surface area contributed by atoms with E-state index in [9.17, 15) is 0 Å². The molecule has 1 N–H and O–H groups in total. The molecule has 7 heavy (non-hydrogen) atoms. The fourth-order valence-corrected chi connectivity index (χ4v) is 0.295. The average molecular weight is 106 g/mol. The lowest BCUT2D eigenvalue weighted by Gasteiger charge is -1.77. The Bertz CT molecular complexity index is 18.5. The Hall–Kier alpha value is -0.120. The van der Waals surface area contributed by atoms with Gasteiger partial charge in [0.25, 0.3) is 0 Å². The standard InChI is InChI=1S/C3H6O2.CH4O/c1-2-4-5-3-1;1-2/h1-3H2;2H,1H3. The van der Waals surface area contributed by atoms with Gasteiger partial charge in [-0.05, 0) is 0 Å². The molecule has 0 aliphatic carbocycles. The minimum Gasteiger partial charge on any atom is -0.400 e. The van der Waals surface area contributed by atoms with Gasteiger partial charge in [0, 0.05) is 13.5 Å². The van der Waals surface area contributed by atoms with Crippen molar-refractivity contribution >= 4 is 0 Å². The first kappa shape index (κ1) is 6.88. The van der Waals surface area contributed by atoms with Gasteiger partial charge in [-0.1, -0.05) is 0 Å². The van der Waals surface area contributed by atoms with Crippen LogP contribution in [0.4, 0.5) is 0 Å². The molecule has 0 atom stereocenters. The van der Waals surface area contributed by atoms with E-state index in [1.54, 1.807) is 0 Å². The van der Waals surface area contributed by atoms with E-state index in [4.69, 9.17) is 5.11 Å². The molecule has 0 unspecified atom stereocenters. The van der Waals surface area contributed by atoms with Crippen molar-refractivity contribution in [2.24, 2.45) is 0 Å². The van der Waals surface area contributed by atoms with Crippen molar-refractivity contribution in [3.63, 3.8) is 0 Å². The van der Waals surface area contributed by atoms with E-state index in [1.807, 2.05) is 0 Å². The van der Waals surface area contributed by atoms with Gasteiger partial charge < -0.3 is 5.11 Å². The van der Waals surface area contributed by atoms with Gasteiger partial charge in [0.1, 0.15) is 0 Å². The summed E-state index contributed by atoms with van der Waals surface area (Å²) in [5, 5.41) is 7.00. The predicted octanol–water partition coefficient (Wildman–Crippen LogP) is -0.0532. The average Bonchev–Trinajstić information content (AvgIpc) is 2.23. The van der Waals surface area contributed by atoms with Gasteiger partial charge in [-0.2, -0.15) is 0 Å². The maximum atomic E-state index is 7.00. The third-order valence-electron chi connectivity index (χ3n) is 0.539. The Balaban J connectivity index is 0.000000162. The van der Waals surface area contributed by atoms with E-state index >= 15 is 0 Å². The maximum absolute atomic E-state index is 7.00. The number of hydrogen-bond donors (Lipinski definition) is 1. The summed E-state index contributed by atoms with van der Waals surface area (Å²) in [6.45, 7) is 1.56. The molecule has 0 radical (unpaired) electrons. The van der Waals surface area contributed by atoms with Crippen molar-refractivity contribution in [2.45, 2.75) is 6.42 Å². The molecular formula is C4H10O3. The van der Waals surface area contributed by atoms with Crippen LogP contribution in [0.2, 0.25) is 0 Å². The molecular weight excluding hydrogens is 96.0 g/mol. The molecule has 1 saturated heterocycles. The zero-order valence-corrected chi connectivity index (χ0v) is 4.39. The summed E-state index contributed by atoms with van der Waals surface area (Å²) < 4.78 is 0. The highest BCUT2D eigenvalue weighted by Gasteiger charge is 1.95. The smallest absolute Gasteiger partial charge is 0.0845 e. The number of aliphatic hydroxyl groups excluding tert-OH is 1. The van der Waals surface area contributed by atoms with Crippen LogP contribution in [0.5, 0.6) is 0 Å². The van der Waals surface area contributed by atoms with Crippen LogP contribution in [0.1, 0.15) is 6.42 Å². The summed E-state index contributed by atoms with van der Waals surface area (Å²) >= 11 is 0. The molecule has 1 heterocycles. The first-order chi connectivity index (χ1) is 3.50. The lowest BCUT2D eigenvalue weighted by atomic mass is 10.5. The van der Waals surface area contributed by atoms with E-state index in [0.29, 0.717) is 0 Å². The fraction of sp³-hybridized carbons (Fsp3) is 1.00. The molecule has 0 aromatic heterocycles. The molecule has 1 fully saturated rings. The molecule has 0 aromatic carbocycles. The third-order valence-corrected chi connectivity index (χ3v) is 0.539. The topological polar surface area (TPSA) is 38.7 Å². The van der Waals surface area contributed by atoms with Gasteiger partial charge in [-0.3, -0.25) is 0 Å². The highest BCUT2D eigenvalue weighted by molar-refractivity contribution is 4.31. The summed E-state index contributed by atoms with van der Waals surface area (Å²) in [5.74, 6) is 0. The zero-order chi connectivity index (χ0) is 5.54. The van der Waals surface area contributed by atoms with Crippen molar-refractivity contribution in [1.82, 2.24) is 0 Å². The van der Waals surface area contributed by atoms with Gasteiger partial charge in [-0.15, -0.1) is 0 Å². The Kier molecular flexibility index (Phi) is 5.78. The van der Waals surface area contributed by atoms with E-state index in [1.165, 1.54) is 0 Å². The second-order valence-electron chi connectivity index (χ2n) is 0.998. The van der Waals surface area contributed by atoms with E-state index in [0.717, 1.165) is 26.7 Å². The van der Waals surface area contributed by atoms with Crippen LogP contribution >= 0.6 is 0 Å². The van der Waals surface area contributed by atoms with Crippen LogP contribution in [0.15, 0.2) is 0 Å². The largest absolute Gasteiger partial charge is 0.400 e. The summed E-state index contributed by atoms with van der Waals surface area (Å²) in [5.41, 5.74) is 0. The van der Waals surface area contributed by atoms with E-state index in [2.05, 4.69) is 9.78 Å². The molecule has 1 aliphatic heterocycles. The van der Waals surface area contributed by atoms with Crippen molar-refractivity contribution in [3.8, 4) is 0 Å². The summed E-state index contributed by atoms with van der Waals surface area (Å²) in [6.07, 6.45) is 1.06. The molecule has 3 heteroatoms. The fourth-order valence-electron chi connectivity index (χ4n) is 0.295. The maximum Gasteiger partial charge on any atom is 0.0845 e. The van der Waals surface area contributed by atoms with Crippen molar-refractivity contribution < 1.29 is 14.9 Å². The quantitative estimate of drug-likeness (QED) is 0.440. The van der Waals surface area contributed by atoms with Crippen molar-refractivity contribution in [2.75, 3.05) is 20.3 Å².